The summed E-state index contributed by atoms with van der Waals surface area (Å²) in [6.45, 7) is 7.83. The Hall–Kier alpha value is -1.02. The lowest BCUT2D eigenvalue weighted by molar-refractivity contribution is 0.0498. The van der Waals surface area contributed by atoms with E-state index in [1.54, 1.807) is 7.11 Å². The van der Waals surface area contributed by atoms with Crippen molar-refractivity contribution in [2.24, 2.45) is 0 Å². The first-order chi connectivity index (χ1) is 6.92. The van der Waals surface area contributed by atoms with Gasteiger partial charge in [-0.15, -0.1) is 0 Å². The molecule has 0 saturated heterocycles. The Balaban J connectivity index is 3.39. The number of methoxy groups -OCH3 is 1. The summed E-state index contributed by atoms with van der Waals surface area (Å²) in [5.41, 5.74) is 2.32. The number of ether oxygens (including phenoxy) is 1. The molecule has 0 amide bonds. The van der Waals surface area contributed by atoms with Gasteiger partial charge in [0.2, 0.25) is 0 Å². The molecule has 0 fully saturated rings. The van der Waals surface area contributed by atoms with Crippen molar-refractivity contribution >= 4 is 0 Å². The van der Waals surface area contributed by atoms with E-state index in [4.69, 9.17) is 4.74 Å². The van der Waals surface area contributed by atoms with Crippen molar-refractivity contribution in [3.05, 3.63) is 28.8 Å². The van der Waals surface area contributed by atoms with E-state index >= 15 is 0 Å². The fourth-order valence-electron chi connectivity index (χ4n) is 1.96. The van der Waals surface area contributed by atoms with Crippen LogP contribution in [-0.2, 0) is 5.60 Å². The third kappa shape index (κ3) is 2.32. The van der Waals surface area contributed by atoms with Gasteiger partial charge in [-0.2, -0.15) is 0 Å². The van der Waals surface area contributed by atoms with Gasteiger partial charge in [0.1, 0.15) is 5.75 Å². The van der Waals surface area contributed by atoms with E-state index in [1.165, 1.54) is 0 Å². The van der Waals surface area contributed by atoms with Gasteiger partial charge in [-0.25, -0.2) is 0 Å². The average molecular weight is 208 g/mol. The number of hydrogen-bond donors (Lipinski definition) is 1. The van der Waals surface area contributed by atoms with Crippen LogP contribution >= 0.6 is 0 Å². The Morgan fingerprint density at radius 1 is 1.33 bits per heavy atom. The van der Waals surface area contributed by atoms with Crippen LogP contribution in [0.4, 0.5) is 0 Å². The molecule has 0 heterocycles. The van der Waals surface area contributed by atoms with E-state index in [-0.39, 0.29) is 0 Å². The van der Waals surface area contributed by atoms with Crippen LogP contribution in [0.3, 0.4) is 0 Å². The van der Waals surface area contributed by atoms with Gasteiger partial charge in [-0.05, 0) is 44.4 Å². The van der Waals surface area contributed by atoms with Crippen LogP contribution < -0.4 is 4.74 Å². The molecule has 1 atom stereocenters. The number of aliphatic hydroxyl groups is 1. The second kappa shape index (κ2) is 4.23. The maximum Gasteiger partial charge on any atom is 0.125 e. The van der Waals surface area contributed by atoms with Crippen molar-refractivity contribution in [2.75, 3.05) is 7.11 Å². The Labute approximate surface area is 91.9 Å². The molecular formula is C13H20O2. The Kier molecular flexibility index (Phi) is 3.40. The quantitative estimate of drug-likeness (QED) is 0.827. The van der Waals surface area contributed by atoms with Gasteiger partial charge in [0.25, 0.3) is 0 Å². The van der Waals surface area contributed by atoms with E-state index in [1.807, 2.05) is 33.8 Å². The molecule has 84 valence electrons. The highest BCUT2D eigenvalue weighted by atomic mass is 16.5. The third-order valence-electron chi connectivity index (χ3n) is 2.89. The molecule has 1 unspecified atom stereocenters. The minimum atomic E-state index is -0.816. The summed E-state index contributed by atoms with van der Waals surface area (Å²) in [6, 6.07) is 4.04. The van der Waals surface area contributed by atoms with Crippen molar-refractivity contribution in [2.45, 2.75) is 39.7 Å². The van der Waals surface area contributed by atoms with Crippen molar-refractivity contribution < 1.29 is 9.84 Å². The first-order valence-electron chi connectivity index (χ1n) is 5.30. The molecule has 0 aromatic heterocycles. The van der Waals surface area contributed by atoms with Crippen molar-refractivity contribution in [1.29, 1.82) is 0 Å². The second-order valence-electron chi connectivity index (χ2n) is 4.29. The highest BCUT2D eigenvalue weighted by Crippen LogP contribution is 2.35. The molecule has 0 spiro atoms. The lowest BCUT2D eigenvalue weighted by Gasteiger charge is -2.26. The van der Waals surface area contributed by atoms with Crippen molar-refractivity contribution in [3.63, 3.8) is 0 Å². The lowest BCUT2D eigenvalue weighted by atomic mass is 9.88. The van der Waals surface area contributed by atoms with Crippen LogP contribution in [0.25, 0.3) is 0 Å². The van der Waals surface area contributed by atoms with Crippen LogP contribution in [0.15, 0.2) is 12.1 Å². The average Bonchev–Trinajstić information content (AvgIpc) is 2.15. The predicted octanol–water partition coefficient (Wildman–Crippen LogP) is 2.93. The minimum Gasteiger partial charge on any atom is -0.496 e. The van der Waals surface area contributed by atoms with Gasteiger partial charge in [0.15, 0.2) is 0 Å². The lowest BCUT2D eigenvalue weighted by Crippen LogP contribution is -2.22. The van der Waals surface area contributed by atoms with E-state index < -0.39 is 5.60 Å². The van der Waals surface area contributed by atoms with Gasteiger partial charge >= 0.3 is 0 Å². The van der Waals surface area contributed by atoms with Crippen LogP contribution in [-0.4, -0.2) is 12.2 Å². The van der Waals surface area contributed by atoms with Gasteiger partial charge in [0, 0.05) is 5.56 Å². The molecule has 1 N–H and O–H groups in total. The summed E-state index contributed by atoms with van der Waals surface area (Å²) < 4.78 is 5.34. The molecule has 1 rings (SSSR count). The molecule has 0 aliphatic carbocycles. The molecule has 0 saturated carbocycles. The van der Waals surface area contributed by atoms with E-state index in [0.29, 0.717) is 6.42 Å². The summed E-state index contributed by atoms with van der Waals surface area (Å²) in [5.74, 6) is 0.777. The van der Waals surface area contributed by atoms with Gasteiger partial charge < -0.3 is 9.84 Å². The molecule has 0 bridgehead atoms. The summed E-state index contributed by atoms with van der Waals surface area (Å²) in [6.07, 6.45) is 0.674. The number of hydrogen-bond acceptors (Lipinski definition) is 2. The van der Waals surface area contributed by atoms with Crippen molar-refractivity contribution in [3.8, 4) is 5.75 Å². The van der Waals surface area contributed by atoms with E-state index in [9.17, 15) is 5.11 Å². The number of rotatable bonds is 3. The fourth-order valence-corrected chi connectivity index (χ4v) is 1.96. The first kappa shape index (κ1) is 12.1. The highest BCUT2D eigenvalue weighted by Gasteiger charge is 2.26. The Morgan fingerprint density at radius 2 is 1.93 bits per heavy atom. The minimum absolute atomic E-state index is 0.674. The standard InChI is InChI=1S/C13H20O2/c1-6-13(4,14)12-10(3)7-9(2)8-11(12)15-5/h7-8,14H,6H2,1-5H3. The topological polar surface area (TPSA) is 29.5 Å². The molecule has 0 aliphatic heterocycles. The SMILES string of the molecule is CCC(C)(O)c1c(C)cc(C)cc1OC. The predicted molar refractivity (Wildman–Crippen MR) is 62.3 cm³/mol. The van der Waals surface area contributed by atoms with Crippen LogP contribution in [0.2, 0.25) is 0 Å². The van der Waals surface area contributed by atoms with Crippen LogP contribution in [0.1, 0.15) is 37.0 Å². The summed E-state index contributed by atoms with van der Waals surface area (Å²) in [7, 11) is 1.64. The normalized spacial score (nSPS) is 14.8. The maximum absolute atomic E-state index is 10.3. The zero-order valence-corrected chi connectivity index (χ0v) is 10.2. The molecular weight excluding hydrogens is 188 g/mol. The number of benzene rings is 1. The molecule has 2 heteroatoms. The fraction of sp³-hybridized carbons (Fsp3) is 0.538. The zero-order chi connectivity index (χ0) is 11.6. The molecule has 2 nitrogen and oxygen atoms in total. The number of aryl methyl sites for hydroxylation is 2. The summed E-state index contributed by atoms with van der Waals surface area (Å²) in [5, 5.41) is 10.3. The van der Waals surface area contributed by atoms with Crippen LogP contribution in [0, 0.1) is 13.8 Å². The van der Waals surface area contributed by atoms with Gasteiger partial charge in [-0.3, -0.25) is 0 Å². The van der Waals surface area contributed by atoms with Crippen LogP contribution in [0.5, 0.6) is 5.75 Å². The highest BCUT2D eigenvalue weighted by molar-refractivity contribution is 5.46. The largest absolute Gasteiger partial charge is 0.496 e. The zero-order valence-electron chi connectivity index (χ0n) is 10.2. The molecule has 1 aromatic rings. The molecule has 0 radical (unpaired) electrons. The molecule has 0 aliphatic rings. The second-order valence-corrected chi connectivity index (χ2v) is 4.29. The third-order valence-corrected chi connectivity index (χ3v) is 2.89. The first-order valence-corrected chi connectivity index (χ1v) is 5.30. The van der Waals surface area contributed by atoms with Gasteiger partial charge in [-0.1, -0.05) is 13.0 Å². The smallest absolute Gasteiger partial charge is 0.125 e. The maximum atomic E-state index is 10.3. The van der Waals surface area contributed by atoms with E-state index in [0.717, 1.165) is 22.4 Å². The Bertz CT molecular complexity index is 354. The molecule has 1 aromatic carbocycles. The molecule has 15 heavy (non-hydrogen) atoms. The summed E-state index contributed by atoms with van der Waals surface area (Å²) >= 11 is 0. The summed E-state index contributed by atoms with van der Waals surface area (Å²) in [4.78, 5) is 0. The monoisotopic (exact) mass is 208 g/mol. The van der Waals surface area contributed by atoms with Crippen molar-refractivity contribution in [1.82, 2.24) is 0 Å². The van der Waals surface area contributed by atoms with Gasteiger partial charge in [0.05, 0.1) is 12.7 Å². The van der Waals surface area contributed by atoms with E-state index in [2.05, 4.69) is 6.07 Å². The Morgan fingerprint density at radius 3 is 2.40 bits per heavy atom.